The molecule has 0 radical (unpaired) electrons. The minimum Gasteiger partial charge on any atom is -0.493 e. The average molecular weight is 431 g/mol. The van der Waals surface area contributed by atoms with Crippen molar-refractivity contribution < 1.29 is 14.4 Å². The normalized spacial score (nSPS) is 12.2. The van der Waals surface area contributed by atoms with E-state index in [0.717, 1.165) is 16.5 Å². The van der Waals surface area contributed by atoms with E-state index in [2.05, 4.69) is 22.0 Å². The predicted octanol–water partition coefficient (Wildman–Crippen LogP) is 5.61. The summed E-state index contributed by atoms with van der Waals surface area (Å²) in [5.74, 6) is 1.16. The van der Waals surface area contributed by atoms with Gasteiger partial charge in [-0.2, -0.15) is 5.26 Å². The molecule has 0 amide bonds. The standard InChI is InChI=1S/C20H19BrN2O4/c1-4-13(2)27-20-18(21)10-14(11-19(20)26-3)9-16(12-22)15-5-7-17(8-6-15)23(24)25/h5-11,13H,4H2,1-3H3/b16-9-. The van der Waals surface area contributed by atoms with Crippen LogP contribution in [0.1, 0.15) is 31.4 Å². The van der Waals surface area contributed by atoms with Gasteiger partial charge in [0.05, 0.1) is 34.3 Å². The molecule has 1 unspecified atom stereocenters. The van der Waals surface area contributed by atoms with Crippen LogP contribution in [0.15, 0.2) is 40.9 Å². The number of nitro groups is 1. The number of benzene rings is 2. The molecule has 0 saturated carbocycles. The van der Waals surface area contributed by atoms with Crippen LogP contribution in [-0.4, -0.2) is 18.1 Å². The summed E-state index contributed by atoms with van der Waals surface area (Å²) in [5, 5.41) is 20.3. The lowest BCUT2D eigenvalue weighted by molar-refractivity contribution is -0.384. The third-order valence-corrected chi connectivity index (χ3v) is 4.56. The molecule has 0 fully saturated rings. The molecule has 0 bridgehead atoms. The van der Waals surface area contributed by atoms with Gasteiger partial charge in [-0.3, -0.25) is 10.1 Å². The fourth-order valence-corrected chi connectivity index (χ4v) is 2.88. The smallest absolute Gasteiger partial charge is 0.269 e. The maximum Gasteiger partial charge on any atom is 0.269 e. The van der Waals surface area contributed by atoms with Crippen LogP contribution >= 0.6 is 15.9 Å². The Balaban J connectivity index is 2.42. The zero-order valence-corrected chi connectivity index (χ0v) is 16.8. The van der Waals surface area contributed by atoms with Gasteiger partial charge in [-0.1, -0.05) is 6.92 Å². The second-order valence-electron chi connectivity index (χ2n) is 5.84. The van der Waals surface area contributed by atoms with Gasteiger partial charge < -0.3 is 9.47 Å². The van der Waals surface area contributed by atoms with Crippen LogP contribution in [-0.2, 0) is 0 Å². The van der Waals surface area contributed by atoms with Crippen molar-refractivity contribution in [1.82, 2.24) is 0 Å². The van der Waals surface area contributed by atoms with Gasteiger partial charge in [0, 0.05) is 12.1 Å². The molecule has 2 aromatic rings. The summed E-state index contributed by atoms with van der Waals surface area (Å²) in [7, 11) is 1.56. The Morgan fingerprint density at radius 2 is 2.04 bits per heavy atom. The maximum absolute atomic E-state index is 10.8. The summed E-state index contributed by atoms with van der Waals surface area (Å²) in [5.41, 5.74) is 1.70. The highest BCUT2D eigenvalue weighted by atomic mass is 79.9. The molecule has 2 rings (SSSR count). The number of nitro benzene ring substituents is 1. The molecule has 2 aromatic carbocycles. The second-order valence-corrected chi connectivity index (χ2v) is 6.70. The number of halogens is 1. The first-order valence-electron chi connectivity index (χ1n) is 8.30. The topological polar surface area (TPSA) is 85.4 Å². The summed E-state index contributed by atoms with van der Waals surface area (Å²) in [6.45, 7) is 4.01. The summed E-state index contributed by atoms with van der Waals surface area (Å²) < 4.78 is 12.1. The molecule has 0 aliphatic rings. The van der Waals surface area contributed by atoms with Crippen LogP contribution in [0.25, 0.3) is 11.6 Å². The highest BCUT2D eigenvalue weighted by molar-refractivity contribution is 9.10. The van der Waals surface area contributed by atoms with Crippen LogP contribution in [0.4, 0.5) is 5.69 Å². The number of ether oxygens (including phenoxy) is 2. The van der Waals surface area contributed by atoms with E-state index >= 15 is 0 Å². The van der Waals surface area contributed by atoms with Crippen LogP contribution in [0, 0.1) is 21.4 Å². The first-order valence-corrected chi connectivity index (χ1v) is 9.09. The number of rotatable bonds is 7. The monoisotopic (exact) mass is 430 g/mol. The summed E-state index contributed by atoms with van der Waals surface area (Å²) in [6.07, 6.45) is 2.59. The van der Waals surface area contributed by atoms with Gasteiger partial charge in [-0.15, -0.1) is 0 Å². The van der Waals surface area contributed by atoms with Crippen molar-refractivity contribution >= 4 is 33.3 Å². The molecule has 0 spiro atoms. The number of hydrogen-bond donors (Lipinski definition) is 0. The molecule has 1 atom stereocenters. The number of nitrogens with zero attached hydrogens (tertiary/aromatic N) is 2. The van der Waals surface area contributed by atoms with E-state index < -0.39 is 4.92 Å². The second kappa shape index (κ2) is 9.19. The lowest BCUT2D eigenvalue weighted by Gasteiger charge is -2.17. The average Bonchev–Trinajstić information content (AvgIpc) is 2.67. The summed E-state index contributed by atoms with van der Waals surface area (Å²) >= 11 is 3.50. The summed E-state index contributed by atoms with van der Waals surface area (Å²) in [4.78, 5) is 10.3. The van der Waals surface area contributed by atoms with Gasteiger partial charge in [0.25, 0.3) is 5.69 Å². The Hall–Kier alpha value is -2.85. The number of non-ortho nitro benzene ring substituents is 1. The van der Waals surface area contributed by atoms with Crippen LogP contribution < -0.4 is 9.47 Å². The minimum atomic E-state index is -0.475. The van der Waals surface area contributed by atoms with E-state index in [1.807, 2.05) is 19.9 Å². The fraction of sp³-hybridized carbons (Fsp3) is 0.250. The van der Waals surface area contributed by atoms with Crippen molar-refractivity contribution in [2.24, 2.45) is 0 Å². The molecule has 0 aliphatic heterocycles. The van der Waals surface area contributed by atoms with Crippen molar-refractivity contribution in [2.75, 3.05) is 7.11 Å². The Labute approximate surface area is 166 Å². The number of methoxy groups -OCH3 is 1. The first-order chi connectivity index (χ1) is 12.9. The van der Waals surface area contributed by atoms with E-state index in [4.69, 9.17) is 9.47 Å². The highest BCUT2D eigenvalue weighted by Gasteiger charge is 2.14. The molecule has 0 heterocycles. The van der Waals surface area contributed by atoms with E-state index in [0.29, 0.717) is 22.6 Å². The Morgan fingerprint density at radius 1 is 1.37 bits per heavy atom. The predicted molar refractivity (Wildman–Crippen MR) is 108 cm³/mol. The van der Waals surface area contributed by atoms with Crippen molar-refractivity contribution in [2.45, 2.75) is 26.4 Å². The molecule has 7 heteroatoms. The van der Waals surface area contributed by atoms with Crippen molar-refractivity contribution in [1.29, 1.82) is 5.26 Å². The molecular formula is C20H19BrN2O4. The highest BCUT2D eigenvalue weighted by Crippen LogP contribution is 2.38. The van der Waals surface area contributed by atoms with Gasteiger partial charge in [0.2, 0.25) is 0 Å². The third-order valence-electron chi connectivity index (χ3n) is 3.97. The van der Waals surface area contributed by atoms with E-state index in [1.54, 1.807) is 31.4 Å². The van der Waals surface area contributed by atoms with Gasteiger partial charge >= 0.3 is 0 Å². The summed E-state index contributed by atoms with van der Waals surface area (Å²) in [6, 6.07) is 11.6. The zero-order valence-electron chi connectivity index (χ0n) is 15.2. The van der Waals surface area contributed by atoms with Gasteiger partial charge in [-0.05, 0) is 70.7 Å². The molecule has 0 aromatic heterocycles. The van der Waals surface area contributed by atoms with Gasteiger partial charge in [0.1, 0.15) is 0 Å². The molecule has 0 N–H and O–H groups in total. The largest absolute Gasteiger partial charge is 0.493 e. The molecule has 0 saturated heterocycles. The van der Waals surface area contributed by atoms with Gasteiger partial charge in [0.15, 0.2) is 11.5 Å². The molecule has 0 aliphatic carbocycles. The number of allylic oxidation sites excluding steroid dienone is 1. The molecule has 6 nitrogen and oxygen atoms in total. The lowest BCUT2D eigenvalue weighted by Crippen LogP contribution is -2.11. The molecule has 140 valence electrons. The van der Waals surface area contributed by atoms with E-state index in [1.165, 1.54) is 12.1 Å². The SMILES string of the molecule is CCC(C)Oc1c(Br)cc(/C=C(/C#N)c2ccc([N+](=O)[O-])cc2)cc1OC. The third kappa shape index (κ3) is 5.08. The van der Waals surface area contributed by atoms with Crippen molar-refractivity contribution in [3.05, 3.63) is 62.1 Å². The molecule has 27 heavy (non-hydrogen) atoms. The number of nitriles is 1. The van der Waals surface area contributed by atoms with Crippen LogP contribution in [0.2, 0.25) is 0 Å². The Bertz CT molecular complexity index is 901. The fourth-order valence-electron chi connectivity index (χ4n) is 2.33. The molecular weight excluding hydrogens is 412 g/mol. The van der Waals surface area contributed by atoms with Crippen LogP contribution in [0.5, 0.6) is 11.5 Å². The Kier molecular flexibility index (Phi) is 6.97. The quantitative estimate of drug-likeness (QED) is 0.246. The van der Waals surface area contributed by atoms with E-state index in [9.17, 15) is 15.4 Å². The zero-order chi connectivity index (χ0) is 20.0. The maximum atomic E-state index is 10.8. The van der Waals surface area contributed by atoms with E-state index in [-0.39, 0.29) is 11.8 Å². The number of hydrogen-bond acceptors (Lipinski definition) is 5. The van der Waals surface area contributed by atoms with Gasteiger partial charge in [-0.25, -0.2) is 0 Å². The Morgan fingerprint density at radius 3 is 2.56 bits per heavy atom. The van der Waals surface area contributed by atoms with Crippen molar-refractivity contribution in [3.63, 3.8) is 0 Å². The lowest BCUT2D eigenvalue weighted by atomic mass is 10.0. The van der Waals surface area contributed by atoms with Crippen molar-refractivity contribution in [3.8, 4) is 17.6 Å². The van der Waals surface area contributed by atoms with Crippen LogP contribution in [0.3, 0.4) is 0 Å². The minimum absolute atomic E-state index is 0.0213. The first kappa shape index (κ1) is 20.5.